The molecule has 1 aliphatic carbocycles. The van der Waals surface area contributed by atoms with Crippen molar-refractivity contribution in [1.29, 1.82) is 0 Å². The summed E-state index contributed by atoms with van der Waals surface area (Å²) in [4.78, 5) is 1.94. The molecule has 0 atom stereocenters. The van der Waals surface area contributed by atoms with Gasteiger partial charge in [0.1, 0.15) is 0 Å². The summed E-state index contributed by atoms with van der Waals surface area (Å²) in [6, 6.07) is 8.30. The maximum absolute atomic E-state index is 10.9. The van der Waals surface area contributed by atoms with Crippen LogP contribution in [0.15, 0.2) is 40.6 Å². The van der Waals surface area contributed by atoms with Crippen molar-refractivity contribution < 1.29 is 14.6 Å². The van der Waals surface area contributed by atoms with Crippen LogP contribution >= 0.6 is 11.8 Å². The van der Waals surface area contributed by atoms with E-state index < -0.39 is 11.4 Å². The number of thioether (sulfide) groups is 1. The van der Waals surface area contributed by atoms with Gasteiger partial charge in [-0.2, -0.15) is 0 Å². The molecule has 1 heterocycles. The minimum Gasteiger partial charge on any atom is -0.385 e. The lowest BCUT2D eigenvalue weighted by Gasteiger charge is -2.41. The van der Waals surface area contributed by atoms with E-state index in [1.54, 1.807) is 11.8 Å². The average molecular weight is 306 g/mol. The summed E-state index contributed by atoms with van der Waals surface area (Å²) in [7, 11) is 0. The lowest BCUT2D eigenvalue weighted by atomic mass is 9.81. The van der Waals surface area contributed by atoms with E-state index >= 15 is 0 Å². The summed E-state index contributed by atoms with van der Waals surface area (Å²) in [6.07, 6.45) is 2.75. The second-order valence-electron chi connectivity index (χ2n) is 5.98. The zero-order valence-electron chi connectivity index (χ0n) is 12.4. The van der Waals surface area contributed by atoms with Gasteiger partial charge in [-0.3, -0.25) is 0 Å². The zero-order valence-corrected chi connectivity index (χ0v) is 13.2. The summed E-state index contributed by atoms with van der Waals surface area (Å²) >= 11 is 1.56. The number of rotatable bonds is 3. The van der Waals surface area contributed by atoms with Crippen molar-refractivity contribution in [3.63, 3.8) is 0 Å². The SMILES string of the molecule is C=C(Sc1ccc(C)cc1)C1(O)CCC2(CC1)OCCO2. The first-order chi connectivity index (χ1) is 10.0. The lowest BCUT2D eigenvalue weighted by Crippen LogP contribution is -2.44. The smallest absolute Gasteiger partial charge is 0.168 e. The van der Waals surface area contributed by atoms with Gasteiger partial charge in [-0.15, -0.1) is 0 Å². The van der Waals surface area contributed by atoms with Crippen LogP contribution < -0.4 is 0 Å². The van der Waals surface area contributed by atoms with Gasteiger partial charge in [-0.1, -0.05) is 36.0 Å². The van der Waals surface area contributed by atoms with Gasteiger partial charge in [0, 0.05) is 22.6 Å². The van der Waals surface area contributed by atoms with Crippen LogP contribution in [-0.2, 0) is 9.47 Å². The largest absolute Gasteiger partial charge is 0.385 e. The monoisotopic (exact) mass is 306 g/mol. The molecular formula is C17H22O3S. The lowest BCUT2D eigenvalue weighted by molar-refractivity contribution is -0.196. The van der Waals surface area contributed by atoms with Crippen LogP contribution in [0.1, 0.15) is 31.2 Å². The fourth-order valence-electron chi connectivity index (χ4n) is 2.95. The molecule has 1 aliphatic heterocycles. The summed E-state index contributed by atoms with van der Waals surface area (Å²) in [5.74, 6) is -0.443. The molecule has 1 aromatic rings. The van der Waals surface area contributed by atoms with Crippen LogP contribution in [0.25, 0.3) is 0 Å². The third-order valence-corrected chi connectivity index (χ3v) is 5.57. The van der Waals surface area contributed by atoms with Gasteiger partial charge in [0.05, 0.1) is 18.8 Å². The molecule has 4 heteroatoms. The van der Waals surface area contributed by atoms with Gasteiger partial charge in [0.2, 0.25) is 0 Å². The number of hydrogen-bond donors (Lipinski definition) is 1. The van der Waals surface area contributed by atoms with E-state index in [0.717, 1.165) is 22.6 Å². The Bertz CT molecular complexity index is 507. The quantitative estimate of drug-likeness (QED) is 0.865. The summed E-state index contributed by atoms with van der Waals surface area (Å²) in [5, 5.41) is 10.9. The summed E-state index contributed by atoms with van der Waals surface area (Å²) in [5.41, 5.74) is 0.412. The molecular weight excluding hydrogens is 284 g/mol. The van der Waals surface area contributed by atoms with E-state index in [1.807, 2.05) is 0 Å². The Kier molecular flexibility index (Phi) is 4.14. The molecule has 0 amide bonds. The Morgan fingerprint density at radius 3 is 2.24 bits per heavy atom. The van der Waals surface area contributed by atoms with Gasteiger partial charge in [-0.05, 0) is 31.9 Å². The molecule has 0 radical (unpaired) electrons. The van der Waals surface area contributed by atoms with Crippen LogP contribution in [-0.4, -0.2) is 29.7 Å². The molecule has 1 saturated heterocycles. The van der Waals surface area contributed by atoms with Crippen molar-refractivity contribution in [2.75, 3.05) is 13.2 Å². The number of aliphatic hydroxyl groups is 1. The van der Waals surface area contributed by atoms with Gasteiger partial charge in [0.25, 0.3) is 0 Å². The standard InChI is InChI=1S/C17H22O3S/c1-13-3-5-15(6-4-13)21-14(2)16(18)7-9-17(10-8-16)19-11-12-20-17/h3-6,18H,2,7-12H2,1H3. The van der Waals surface area contributed by atoms with E-state index in [4.69, 9.17) is 9.47 Å². The Morgan fingerprint density at radius 1 is 1.10 bits per heavy atom. The topological polar surface area (TPSA) is 38.7 Å². The first-order valence-corrected chi connectivity index (χ1v) is 8.27. The molecule has 1 saturated carbocycles. The number of aryl methyl sites for hydroxylation is 1. The van der Waals surface area contributed by atoms with Gasteiger partial charge in [-0.25, -0.2) is 0 Å². The van der Waals surface area contributed by atoms with Crippen molar-refractivity contribution >= 4 is 11.8 Å². The Morgan fingerprint density at radius 2 is 1.67 bits per heavy atom. The molecule has 2 fully saturated rings. The van der Waals surface area contributed by atoms with E-state index in [-0.39, 0.29) is 0 Å². The molecule has 2 aliphatic rings. The molecule has 114 valence electrons. The van der Waals surface area contributed by atoms with Crippen molar-refractivity contribution in [3.8, 4) is 0 Å². The van der Waals surface area contributed by atoms with E-state index in [2.05, 4.69) is 37.8 Å². The Balaban J connectivity index is 1.63. The van der Waals surface area contributed by atoms with Crippen LogP contribution in [0.3, 0.4) is 0 Å². The van der Waals surface area contributed by atoms with Crippen LogP contribution in [0.2, 0.25) is 0 Å². The van der Waals surface area contributed by atoms with Crippen molar-refractivity contribution in [2.24, 2.45) is 0 Å². The second kappa shape index (κ2) is 5.76. The predicted octanol–water partition coefficient (Wildman–Crippen LogP) is 3.65. The van der Waals surface area contributed by atoms with Crippen LogP contribution in [0.4, 0.5) is 0 Å². The maximum Gasteiger partial charge on any atom is 0.168 e. The molecule has 1 spiro atoms. The summed E-state index contributed by atoms with van der Waals surface area (Å²) < 4.78 is 11.4. The second-order valence-corrected chi connectivity index (χ2v) is 7.15. The molecule has 0 bridgehead atoms. The number of ether oxygens (including phenoxy) is 2. The van der Waals surface area contributed by atoms with Crippen molar-refractivity contribution in [2.45, 2.75) is 48.9 Å². The third-order valence-electron chi connectivity index (χ3n) is 4.43. The first-order valence-electron chi connectivity index (χ1n) is 7.46. The normalized spacial score (nSPS) is 23.3. The highest BCUT2D eigenvalue weighted by atomic mass is 32.2. The van der Waals surface area contributed by atoms with Crippen molar-refractivity contribution in [1.82, 2.24) is 0 Å². The Labute approximate surface area is 130 Å². The Hall–Kier alpha value is -0.810. The molecule has 0 aromatic heterocycles. The zero-order chi connectivity index (χ0) is 14.9. The van der Waals surface area contributed by atoms with E-state index in [9.17, 15) is 5.11 Å². The van der Waals surface area contributed by atoms with Gasteiger partial charge >= 0.3 is 0 Å². The fraction of sp³-hybridized carbons (Fsp3) is 0.529. The van der Waals surface area contributed by atoms with Crippen molar-refractivity contribution in [3.05, 3.63) is 41.3 Å². The number of hydrogen-bond acceptors (Lipinski definition) is 4. The predicted molar refractivity (Wildman–Crippen MR) is 84.2 cm³/mol. The molecule has 1 aromatic carbocycles. The molecule has 21 heavy (non-hydrogen) atoms. The summed E-state index contributed by atoms with van der Waals surface area (Å²) in [6.45, 7) is 7.51. The highest BCUT2D eigenvalue weighted by molar-refractivity contribution is 8.03. The minimum absolute atomic E-state index is 0.443. The third kappa shape index (κ3) is 3.19. The van der Waals surface area contributed by atoms with Gasteiger partial charge < -0.3 is 14.6 Å². The fourth-order valence-corrected chi connectivity index (χ4v) is 3.90. The minimum atomic E-state index is -0.823. The highest BCUT2D eigenvalue weighted by Crippen LogP contribution is 2.46. The van der Waals surface area contributed by atoms with E-state index in [1.165, 1.54) is 5.56 Å². The van der Waals surface area contributed by atoms with Crippen LogP contribution in [0, 0.1) is 6.92 Å². The first kappa shape index (κ1) is 15.1. The molecule has 1 N–H and O–H groups in total. The molecule has 3 nitrogen and oxygen atoms in total. The maximum atomic E-state index is 10.9. The van der Waals surface area contributed by atoms with Gasteiger partial charge in [0.15, 0.2) is 5.79 Å². The highest BCUT2D eigenvalue weighted by Gasteiger charge is 2.46. The molecule has 3 rings (SSSR count). The molecule has 0 unspecified atom stereocenters. The average Bonchev–Trinajstić information content (AvgIpc) is 2.94. The van der Waals surface area contributed by atoms with Crippen LogP contribution in [0.5, 0.6) is 0 Å². The van der Waals surface area contributed by atoms with E-state index in [0.29, 0.717) is 26.1 Å². The number of benzene rings is 1.